The third-order valence-electron chi connectivity index (χ3n) is 2.58. The second kappa shape index (κ2) is 6.38. The van der Waals surface area contributed by atoms with Gasteiger partial charge in [0.25, 0.3) is 0 Å². The molecule has 0 atom stereocenters. The van der Waals surface area contributed by atoms with Gasteiger partial charge in [-0.2, -0.15) is 0 Å². The number of carboxylic acid groups (broad SMARTS) is 1. The first-order valence-corrected chi connectivity index (χ1v) is 6.80. The summed E-state index contributed by atoms with van der Waals surface area (Å²) in [6, 6.07) is 13.9. The second-order valence-electron chi connectivity index (χ2n) is 4.13. The molecule has 0 fully saturated rings. The van der Waals surface area contributed by atoms with Gasteiger partial charge in [0.15, 0.2) is 0 Å². The van der Waals surface area contributed by atoms with Crippen LogP contribution in [0.1, 0.15) is 11.1 Å². The Bertz CT molecular complexity index is 567. The molecule has 0 aliphatic carbocycles. The topological polar surface area (TPSA) is 37.3 Å². The zero-order valence-electron chi connectivity index (χ0n) is 10.2. The van der Waals surface area contributed by atoms with Crippen molar-refractivity contribution in [3.05, 3.63) is 65.5 Å². The Kier molecular flexibility index (Phi) is 4.58. The standard InChI is InChI=1S/C15H13FO2S/c16-13-2-1-3-14(9-13)19-10-12-6-4-11(5-7-12)8-15(17)18/h1-7,9H,8,10H2,(H,17,18). The van der Waals surface area contributed by atoms with Crippen molar-refractivity contribution in [1.29, 1.82) is 0 Å². The molecule has 0 amide bonds. The van der Waals surface area contributed by atoms with Crippen LogP contribution in [0.25, 0.3) is 0 Å². The van der Waals surface area contributed by atoms with Gasteiger partial charge in [0.2, 0.25) is 0 Å². The Morgan fingerprint density at radius 2 is 1.79 bits per heavy atom. The first kappa shape index (κ1) is 13.6. The van der Waals surface area contributed by atoms with Crippen molar-refractivity contribution < 1.29 is 14.3 Å². The van der Waals surface area contributed by atoms with Gasteiger partial charge in [-0.3, -0.25) is 4.79 Å². The molecule has 0 aromatic heterocycles. The van der Waals surface area contributed by atoms with Crippen LogP contribution >= 0.6 is 11.8 Å². The minimum Gasteiger partial charge on any atom is -0.481 e. The van der Waals surface area contributed by atoms with Crippen LogP contribution < -0.4 is 0 Å². The number of halogens is 1. The molecule has 0 saturated heterocycles. The van der Waals surface area contributed by atoms with Gasteiger partial charge in [0.05, 0.1) is 6.42 Å². The quantitative estimate of drug-likeness (QED) is 0.845. The van der Waals surface area contributed by atoms with Crippen molar-refractivity contribution in [1.82, 2.24) is 0 Å². The predicted molar refractivity (Wildman–Crippen MR) is 73.7 cm³/mol. The van der Waals surface area contributed by atoms with Gasteiger partial charge < -0.3 is 5.11 Å². The molecule has 0 saturated carbocycles. The van der Waals surface area contributed by atoms with Crippen LogP contribution in [-0.2, 0) is 17.0 Å². The molecule has 0 aliphatic heterocycles. The lowest BCUT2D eigenvalue weighted by Crippen LogP contribution is -1.99. The highest BCUT2D eigenvalue weighted by Gasteiger charge is 2.01. The smallest absolute Gasteiger partial charge is 0.307 e. The Labute approximate surface area is 115 Å². The lowest BCUT2D eigenvalue weighted by Gasteiger charge is -2.03. The van der Waals surface area contributed by atoms with Crippen molar-refractivity contribution in [2.45, 2.75) is 17.1 Å². The molecule has 2 aromatic carbocycles. The molecule has 1 N–H and O–H groups in total. The number of carboxylic acids is 1. The van der Waals surface area contributed by atoms with E-state index in [9.17, 15) is 9.18 Å². The van der Waals surface area contributed by atoms with E-state index >= 15 is 0 Å². The maximum Gasteiger partial charge on any atom is 0.307 e. The second-order valence-corrected chi connectivity index (χ2v) is 5.18. The monoisotopic (exact) mass is 276 g/mol. The minimum atomic E-state index is -0.832. The highest BCUT2D eigenvalue weighted by Crippen LogP contribution is 2.23. The van der Waals surface area contributed by atoms with E-state index in [2.05, 4.69) is 0 Å². The number of rotatable bonds is 5. The van der Waals surface area contributed by atoms with E-state index in [-0.39, 0.29) is 12.2 Å². The zero-order valence-corrected chi connectivity index (χ0v) is 11.0. The first-order chi connectivity index (χ1) is 9.13. The summed E-state index contributed by atoms with van der Waals surface area (Å²) in [5.74, 6) is -0.333. The summed E-state index contributed by atoms with van der Waals surface area (Å²) in [4.78, 5) is 11.4. The van der Waals surface area contributed by atoms with E-state index in [1.807, 2.05) is 30.3 Å². The molecule has 4 heteroatoms. The molecule has 98 valence electrons. The Hall–Kier alpha value is -1.81. The molecule has 0 heterocycles. The summed E-state index contributed by atoms with van der Waals surface area (Å²) < 4.78 is 13.0. The van der Waals surface area contributed by atoms with Crippen LogP contribution in [-0.4, -0.2) is 11.1 Å². The molecule has 19 heavy (non-hydrogen) atoms. The van der Waals surface area contributed by atoms with Gasteiger partial charge in [-0.25, -0.2) is 4.39 Å². The van der Waals surface area contributed by atoms with Gasteiger partial charge >= 0.3 is 5.97 Å². The van der Waals surface area contributed by atoms with Crippen molar-refractivity contribution in [2.24, 2.45) is 0 Å². The van der Waals surface area contributed by atoms with E-state index in [0.717, 1.165) is 21.8 Å². The van der Waals surface area contributed by atoms with Crippen LogP contribution in [0, 0.1) is 5.82 Å². The molecule has 0 radical (unpaired) electrons. The number of hydrogen-bond acceptors (Lipinski definition) is 2. The number of hydrogen-bond donors (Lipinski definition) is 1. The van der Waals surface area contributed by atoms with Gasteiger partial charge in [0.1, 0.15) is 5.82 Å². The summed E-state index contributed by atoms with van der Waals surface area (Å²) >= 11 is 1.55. The fraction of sp³-hybridized carbons (Fsp3) is 0.133. The largest absolute Gasteiger partial charge is 0.481 e. The minimum absolute atomic E-state index is 0.0390. The molecule has 0 bridgehead atoms. The molecule has 2 nitrogen and oxygen atoms in total. The van der Waals surface area contributed by atoms with Gasteiger partial charge in [-0.05, 0) is 29.3 Å². The molecular formula is C15H13FO2S. The fourth-order valence-corrected chi connectivity index (χ4v) is 2.55. The maximum atomic E-state index is 13.0. The van der Waals surface area contributed by atoms with E-state index < -0.39 is 5.97 Å². The Morgan fingerprint density at radius 1 is 1.11 bits per heavy atom. The lowest BCUT2D eigenvalue weighted by molar-refractivity contribution is -0.136. The third-order valence-corrected chi connectivity index (χ3v) is 3.64. The Balaban J connectivity index is 1.94. The molecular weight excluding hydrogens is 263 g/mol. The highest BCUT2D eigenvalue weighted by molar-refractivity contribution is 7.98. The summed E-state index contributed by atoms with van der Waals surface area (Å²) in [7, 11) is 0. The molecule has 0 aliphatic rings. The number of carbonyl (C=O) groups is 1. The number of thioether (sulfide) groups is 1. The summed E-state index contributed by atoms with van der Waals surface area (Å²) in [5, 5.41) is 8.67. The van der Waals surface area contributed by atoms with Gasteiger partial charge in [-0.1, -0.05) is 30.3 Å². The summed E-state index contributed by atoms with van der Waals surface area (Å²) in [6.07, 6.45) is 0.0390. The van der Waals surface area contributed by atoms with Gasteiger partial charge in [0, 0.05) is 10.6 Å². The first-order valence-electron chi connectivity index (χ1n) is 5.81. The average Bonchev–Trinajstić information content (AvgIpc) is 2.37. The van der Waals surface area contributed by atoms with Crippen molar-refractivity contribution >= 4 is 17.7 Å². The summed E-state index contributed by atoms with van der Waals surface area (Å²) in [6.45, 7) is 0. The van der Waals surface area contributed by atoms with Gasteiger partial charge in [-0.15, -0.1) is 11.8 Å². The SMILES string of the molecule is O=C(O)Cc1ccc(CSc2cccc(F)c2)cc1. The van der Waals surface area contributed by atoms with Crippen LogP contribution in [0.5, 0.6) is 0 Å². The van der Waals surface area contributed by atoms with E-state index in [1.54, 1.807) is 17.8 Å². The normalized spacial score (nSPS) is 10.4. The molecule has 0 spiro atoms. The van der Waals surface area contributed by atoms with E-state index in [0.29, 0.717) is 0 Å². The molecule has 2 rings (SSSR count). The number of aliphatic carboxylic acids is 1. The van der Waals surface area contributed by atoms with Crippen LogP contribution in [0.3, 0.4) is 0 Å². The average molecular weight is 276 g/mol. The summed E-state index contributed by atoms with van der Waals surface area (Å²) in [5.41, 5.74) is 1.87. The van der Waals surface area contributed by atoms with E-state index in [4.69, 9.17) is 5.11 Å². The lowest BCUT2D eigenvalue weighted by atomic mass is 10.1. The van der Waals surface area contributed by atoms with Crippen molar-refractivity contribution in [3.8, 4) is 0 Å². The number of benzene rings is 2. The highest BCUT2D eigenvalue weighted by atomic mass is 32.2. The zero-order chi connectivity index (χ0) is 13.7. The molecule has 2 aromatic rings. The van der Waals surface area contributed by atoms with Crippen molar-refractivity contribution in [3.63, 3.8) is 0 Å². The van der Waals surface area contributed by atoms with Crippen LogP contribution in [0.15, 0.2) is 53.4 Å². The third kappa shape index (κ3) is 4.41. The van der Waals surface area contributed by atoms with E-state index in [1.165, 1.54) is 12.1 Å². The Morgan fingerprint density at radius 3 is 2.42 bits per heavy atom. The van der Waals surface area contributed by atoms with Crippen molar-refractivity contribution in [2.75, 3.05) is 0 Å². The molecule has 0 unspecified atom stereocenters. The fourth-order valence-electron chi connectivity index (χ4n) is 1.65. The van der Waals surface area contributed by atoms with Crippen LogP contribution in [0.4, 0.5) is 4.39 Å². The predicted octanol–water partition coefficient (Wildman–Crippen LogP) is 3.75. The maximum absolute atomic E-state index is 13.0. The van der Waals surface area contributed by atoms with Crippen LogP contribution in [0.2, 0.25) is 0 Å².